The average Bonchev–Trinajstić information content (AvgIpc) is 2.85. The van der Waals surface area contributed by atoms with Crippen molar-refractivity contribution in [1.82, 2.24) is 0 Å². The number of hydrogen-bond acceptors (Lipinski definition) is 4. The first kappa shape index (κ1) is 31.2. The predicted molar refractivity (Wildman–Crippen MR) is 147 cm³/mol. The second kappa shape index (κ2) is 15.3. The van der Waals surface area contributed by atoms with E-state index in [0.717, 1.165) is 11.1 Å². The molecule has 196 valence electrons. The van der Waals surface area contributed by atoms with Crippen molar-refractivity contribution in [3.63, 3.8) is 0 Å². The van der Waals surface area contributed by atoms with Gasteiger partial charge in [-0.05, 0) is 11.1 Å². The van der Waals surface area contributed by atoms with Crippen LogP contribution in [0.3, 0.4) is 0 Å². The summed E-state index contributed by atoms with van der Waals surface area (Å²) in [6, 6.07) is 19.2. The van der Waals surface area contributed by atoms with Gasteiger partial charge in [-0.2, -0.15) is 0 Å². The van der Waals surface area contributed by atoms with Crippen molar-refractivity contribution >= 4 is 23.1 Å². The molecule has 2 atom stereocenters. The minimum atomic E-state index is -0.291. The number of hydrogen-bond donors (Lipinski definition) is 0. The topological polar surface area (TPSA) is 68.3 Å². The van der Waals surface area contributed by atoms with Gasteiger partial charge in [0, 0.05) is 48.3 Å². The molecule has 0 saturated carbocycles. The zero-order chi connectivity index (χ0) is 27.4. The Morgan fingerprint density at radius 2 is 0.750 bits per heavy atom. The van der Waals surface area contributed by atoms with Crippen molar-refractivity contribution in [1.29, 1.82) is 0 Å². The summed E-state index contributed by atoms with van der Waals surface area (Å²) in [6.07, 6.45) is 0.636. The van der Waals surface area contributed by atoms with E-state index in [-0.39, 0.29) is 58.6 Å². The van der Waals surface area contributed by atoms with Crippen LogP contribution in [0.2, 0.25) is 0 Å². The molecule has 0 bridgehead atoms. The normalized spacial score (nSPS) is 12.8. The standard InChI is InChI=1S/2C16H22O2/c2*1-11(2)15(17)10-14(16(18)12(3)4)13-8-6-5-7-9-13/h2*5-9,11-12,14H,10H2,1-4H3. The van der Waals surface area contributed by atoms with E-state index in [0.29, 0.717) is 12.8 Å². The third-order valence-corrected chi connectivity index (χ3v) is 6.33. The van der Waals surface area contributed by atoms with Gasteiger partial charge >= 0.3 is 0 Å². The van der Waals surface area contributed by atoms with Gasteiger partial charge in [0.2, 0.25) is 0 Å². The number of Topliss-reactive ketones (excluding diaryl/α,β-unsaturated/α-hetero) is 4. The van der Waals surface area contributed by atoms with Crippen LogP contribution in [0, 0.1) is 23.7 Å². The van der Waals surface area contributed by atoms with Crippen molar-refractivity contribution in [2.24, 2.45) is 23.7 Å². The fourth-order valence-corrected chi connectivity index (χ4v) is 3.81. The van der Waals surface area contributed by atoms with E-state index in [9.17, 15) is 19.2 Å². The lowest BCUT2D eigenvalue weighted by molar-refractivity contribution is -0.128. The molecule has 2 aromatic rings. The molecule has 0 aliphatic heterocycles. The zero-order valence-electron chi connectivity index (χ0n) is 23.3. The fraction of sp³-hybridized carbons (Fsp3) is 0.500. The lowest BCUT2D eigenvalue weighted by Gasteiger charge is -2.18. The second-order valence-electron chi connectivity index (χ2n) is 10.7. The van der Waals surface area contributed by atoms with E-state index >= 15 is 0 Å². The Balaban J connectivity index is 0.000000360. The second-order valence-corrected chi connectivity index (χ2v) is 10.7. The highest BCUT2D eigenvalue weighted by Gasteiger charge is 2.27. The Labute approximate surface area is 217 Å². The number of carbonyl (C=O) groups excluding carboxylic acids is 4. The molecule has 36 heavy (non-hydrogen) atoms. The molecule has 0 aliphatic rings. The molecular formula is C32H44O4. The maximum Gasteiger partial charge on any atom is 0.143 e. The Morgan fingerprint density at radius 3 is 0.972 bits per heavy atom. The molecule has 0 saturated heterocycles. The van der Waals surface area contributed by atoms with Crippen molar-refractivity contribution < 1.29 is 19.2 Å². The van der Waals surface area contributed by atoms with Crippen LogP contribution >= 0.6 is 0 Å². The molecule has 0 spiro atoms. The Hall–Kier alpha value is -2.88. The summed E-state index contributed by atoms with van der Waals surface area (Å²) in [5.41, 5.74) is 1.90. The molecule has 0 N–H and O–H groups in total. The predicted octanol–water partition coefficient (Wildman–Crippen LogP) is 7.22. The average molecular weight is 493 g/mol. The maximum atomic E-state index is 12.2. The lowest BCUT2D eigenvalue weighted by atomic mass is 9.83. The summed E-state index contributed by atoms with van der Waals surface area (Å²) in [4.78, 5) is 48.3. The monoisotopic (exact) mass is 492 g/mol. The third-order valence-electron chi connectivity index (χ3n) is 6.33. The highest BCUT2D eigenvalue weighted by Crippen LogP contribution is 2.26. The number of benzene rings is 2. The number of carbonyl (C=O) groups is 4. The van der Waals surface area contributed by atoms with Gasteiger partial charge in [0.25, 0.3) is 0 Å². The van der Waals surface area contributed by atoms with Crippen molar-refractivity contribution in [3.8, 4) is 0 Å². The zero-order valence-corrected chi connectivity index (χ0v) is 23.3. The number of rotatable bonds is 12. The first-order valence-electron chi connectivity index (χ1n) is 13.1. The molecule has 4 heteroatoms. The number of ketones is 4. The van der Waals surface area contributed by atoms with E-state index in [1.54, 1.807) is 0 Å². The molecule has 0 fully saturated rings. The van der Waals surface area contributed by atoms with Crippen molar-refractivity contribution in [2.45, 2.75) is 80.1 Å². The van der Waals surface area contributed by atoms with Crippen LogP contribution < -0.4 is 0 Å². The minimum Gasteiger partial charge on any atom is -0.299 e. The van der Waals surface area contributed by atoms with E-state index in [1.165, 1.54) is 0 Å². The van der Waals surface area contributed by atoms with Gasteiger partial charge in [-0.3, -0.25) is 19.2 Å². The lowest BCUT2D eigenvalue weighted by Crippen LogP contribution is -2.22. The van der Waals surface area contributed by atoms with Gasteiger partial charge in [0.15, 0.2) is 0 Å². The van der Waals surface area contributed by atoms with E-state index in [1.807, 2.05) is 116 Å². The van der Waals surface area contributed by atoms with E-state index < -0.39 is 0 Å². The minimum absolute atomic E-state index is 0.0174. The van der Waals surface area contributed by atoms with Gasteiger partial charge in [0.1, 0.15) is 23.1 Å². The largest absolute Gasteiger partial charge is 0.299 e. The van der Waals surface area contributed by atoms with Crippen LogP contribution in [-0.4, -0.2) is 23.1 Å². The summed E-state index contributed by atoms with van der Waals surface area (Å²) in [7, 11) is 0. The van der Waals surface area contributed by atoms with Crippen LogP contribution in [0.1, 0.15) is 91.2 Å². The van der Waals surface area contributed by atoms with Crippen molar-refractivity contribution in [2.75, 3.05) is 0 Å². The molecule has 4 nitrogen and oxygen atoms in total. The van der Waals surface area contributed by atoms with Crippen LogP contribution in [0.15, 0.2) is 60.7 Å². The van der Waals surface area contributed by atoms with Gasteiger partial charge in [-0.1, -0.05) is 116 Å². The van der Waals surface area contributed by atoms with Crippen LogP contribution in [0.25, 0.3) is 0 Å². The summed E-state index contributed by atoms with van der Waals surface area (Å²) in [5, 5.41) is 0. The van der Waals surface area contributed by atoms with Crippen LogP contribution in [0.4, 0.5) is 0 Å². The molecule has 0 aromatic heterocycles. The Morgan fingerprint density at radius 1 is 0.472 bits per heavy atom. The third kappa shape index (κ3) is 10.0. The van der Waals surface area contributed by atoms with Gasteiger partial charge in [-0.25, -0.2) is 0 Å². The fourth-order valence-electron chi connectivity index (χ4n) is 3.81. The summed E-state index contributed by atoms with van der Waals surface area (Å²) in [6.45, 7) is 15.1. The van der Waals surface area contributed by atoms with Crippen molar-refractivity contribution in [3.05, 3.63) is 71.8 Å². The molecule has 2 aromatic carbocycles. The van der Waals surface area contributed by atoms with Crippen LogP contribution in [-0.2, 0) is 19.2 Å². The first-order chi connectivity index (χ1) is 16.9. The quantitative estimate of drug-likeness (QED) is 0.314. The summed E-state index contributed by atoms with van der Waals surface area (Å²) in [5.74, 6) is -0.110. The molecule has 0 radical (unpaired) electrons. The van der Waals surface area contributed by atoms with Gasteiger partial charge in [0.05, 0.1) is 0 Å². The van der Waals surface area contributed by atoms with E-state index in [2.05, 4.69) is 0 Å². The smallest absolute Gasteiger partial charge is 0.143 e. The SMILES string of the molecule is CC(C)C(=O)CC(C(=O)C(C)C)c1ccccc1.CC(C)C(=O)CC(C(=O)C(C)C)c1ccccc1. The van der Waals surface area contributed by atoms with E-state index in [4.69, 9.17) is 0 Å². The Kier molecular flexibility index (Phi) is 13.2. The molecule has 2 rings (SSSR count). The van der Waals surface area contributed by atoms with Gasteiger partial charge in [-0.15, -0.1) is 0 Å². The molecule has 0 heterocycles. The molecule has 0 amide bonds. The first-order valence-corrected chi connectivity index (χ1v) is 13.1. The highest BCUT2D eigenvalue weighted by molar-refractivity contribution is 5.94. The van der Waals surface area contributed by atoms with Crippen LogP contribution in [0.5, 0.6) is 0 Å². The highest BCUT2D eigenvalue weighted by atomic mass is 16.1. The maximum absolute atomic E-state index is 12.2. The summed E-state index contributed by atoms with van der Waals surface area (Å²) >= 11 is 0. The Bertz CT molecular complexity index is 890. The van der Waals surface area contributed by atoms with Gasteiger partial charge < -0.3 is 0 Å². The molecule has 0 aliphatic carbocycles. The molecular weight excluding hydrogens is 448 g/mol. The summed E-state index contributed by atoms with van der Waals surface area (Å²) < 4.78 is 0. The molecule has 2 unspecified atom stereocenters.